The maximum absolute atomic E-state index is 12.3. The maximum atomic E-state index is 12.3. The zero-order chi connectivity index (χ0) is 16.7. The van der Waals surface area contributed by atoms with Gasteiger partial charge < -0.3 is 19.7 Å². The molecule has 2 atom stereocenters. The number of amides is 2. The fourth-order valence-corrected chi connectivity index (χ4v) is 2.85. The van der Waals surface area contributed by atoms with Crippen LogP contribution in [0, 0.1) is 12.8 Å². The molecule has 2 rings (SSSR count). The number of urea groups is 1. The molecular formula is C18H28N2O3. The van der Waals surface area contributed by atoms with E-state index >= 15 is 0 Å². The first kappa shape index (κ1) is 17.6. The van der Waals surface area contributed by atoms with Gasteiger partial charge in [0.2, 0.25) is 0 Å². The first-order valence-electron chi connectivity index (χ1n) is 8.33. The minimum Gasteiger partial charge on any atom is -0.489 e. The molecule has 1 heterocycles. The van der Waals surface area contributed by atoms with Gasteiger partial charge in [0.1, 0.15) is 11.9 Å². The summed E-state index contributed by atoms with van der Waals surface area (Å²) in [5, 5.41) is 2.97. The number of nitrogens with one attached hydrogen (secondary N) is 1. The average Bonchev–Trinajstić information content (AvgIpc) is 2.55. The van der Waals surface area contributed by atoms with Gasteiger partial charge in [-0.15, -0.1) is 0 Å². The molecule has 1 aliphatic heterocycles. The second-order valence-electron chi connectivity index (χ2n) is 6.34. The van der Waals surface area contributed by atoms with Gasteiger partial charge in [0.25, 0.3) is 0 Å². The number of methoxy groups -OCH3 is 1. The average molecular weight is 320 g/mol. The smallest absolute Gasteiger partial charge is 0.317 e. The third-order valence-electron chi connectivity index (χ3n) is 4.11. The molecule has 1 N–H and O–H groups in total. The third-order valence-corrected chi connectivity index (χ3v) is 4.11. The van der Waals surface area contributed by atoms with Gasteiger partial charge in [-0.3, -0.25) is 0 Å². The van der Waals surface area contributed by atoms with Gasteiger partial charge in [-0.05, 0) is 38.8 Å². The molecule has 23 heavy (non-hydrogen) atoms. The number of aryl methyl sites for hydroxylation is 1. The molecule has 1 aromatic carbocycles. The lowest BCUT2D eigenvalue weighted by Crippen LogP contribution is -2.48. The molecular weight excluding hydrogens is 292 g/mol. The van der Waals surface area contributed by atoms with E-state index < -0.39 is 0 Å². The fourth-order valence-electron chi connectivity index (χ4n) is 2.85. The minimum absolute atomic E-state index is 0.00911. The van der Waals surface area contributed by atoms with Crippen LogP contribution in [-0.2, 0) is 4.74 Å². The van der Waals surface area contributed by atoms with Crippen molar-refractivity contribution in [2.75, 3.05) is 33.4 Å². The predicted molar refractivity (Wildman–Crippen MR) is 90.8 cm³/mol. The van der Waals surface area contributed by atoms with Crippen LogP contribution in [0.1, 0.15) is 25.3 Å². The van der Waals surface area contributed by atoms with E-state index in [4.69, 9.17) is 9.47 Å². The number of benzene rings is 1. The van der Waals surface area contributed by atoms with Crippen LogP contribution >= 0.6 is 0 Å². The van der Waals surface area contributed by atoms with Gasteiger partial charge in [-0.2, -0.15) is 0 Å². The molecule has 2 amide bonds. The van der Waals surface area contributed by atoms with Crippen molar-refractivity contribution in [2.24, 2.45) is 5.92 Å². The first-order chi connectivity index (χ1) is 11.1. The molecule has 5 nitrogen and oxygen atoms in total. The van der Waals surface area contributed by atoms with Gasteiger partial charge in [-0.25, -0.2) is 4.79 Å². The molecule has 0 radical (unpaired) electrons. The van der Waals surface area contributed by atoms with Crippen molar-refractivity contribution in [1.82, 2.24) is 10.2 Å². The van der Waals surface area contributed by atoms with E-state index in [0.717, 1.165) is 38.3 Å². The standard InChI is InChI=1S/C18H28N2O3/c1-14-6-8-17(9-7-14)23-15(2)11-19-18(21)20-10-4-5-16(12-20)13-22-3/h6-9,15-16H,4-5,10-13H2,1-3H3,(H,19,21)/t15-,16-/m1/s1. The van der Waals surface area contributed by atoms with E-state index in [1.807, 2.05) is 43.0 Å². The Labute approximate surface area is 139 Å². The van der Waals surface area contributed by atoms with Crippen molar-refractivity contribution in [3.63, 3.8) is 0 Å². The van der Waals surface area contributed by atoms with Crippen molar-refractivity contribution < 1.29 is 14.3 Å². The molecule has 1 saturated heterocycles. The topological polar surface area (TPSA) is 50.8 Å². The van der Waals surface area contributed by atoms with Gasteiger partial charge in [0.05, 0.1) is 13.2 Å². The highest BCUT2D eigenvalue weighted by molar-refractivity contribution is 5.74. The van der Waals surface area contributed by atoms with Crippen molar-refractivity contribution in [3.05, 3.63) is 29.8 Å². The number of hydrogen-bond acceptors (Lipinski definition) is 3. The van der Waals surface area contributed by atoms with Crippen molar-refractivity contribution in [2.45, 2.75) is 32.8 Å². The highest BCUT2D eigenvalue weighted by Crippen LogP contribution is 2.17. The second kappa shape index (κ2) is 8.77. The number of rotatable bonds is 6. The van der Waals surface area contributed by atoms with Crippen molar-refractivity contribution >= 4 is 6.03 Å². The lowest BCUT2D eigenvalue weighted by Gasteiger charge is -2.32. The maximum Gasteiger partial charge on any atom is 0.317 e. The first-order valence-corrected chi connectivity index (χ1v) is 8.33. The number of ether oxygens (including phenoxy) is 2. The van der Waals surface area contributed by atoms with Crippen LogP contribution in [0.3, 0.4) is 0 Å². The lowest BCUT2D eigenvalue weighted by molar-refractivity contribution is 0.0992. The number of likely N-dealkylation sites (tertiary alicyclic amines) is 1. The number of nitrogens with zero attached hydrogens (tertiary/aromatic N) is 1. The number of hydrogen-bond donors (Lipinski definition) is 1. The van der Waals surface area contributed by atoms with E-state index in [-0.39, 0.29) is 12.1 Å². The summed E-state index contributed by atoms with van der Waals surface area (Å²) < 4.78 is 11.0. The summed E-state index contributed by atoms with van der Waals surface area (Å²) in [6.45, 7) is 6.81. The second-order valence-corrected chi connectivity index (χ2v) is 6.34. The molecule has 0 bridgehead atoms. The summed E-state index contributed by atoms with van der Waals surface area (Å²) in [6.07, 6.45) is 2.10. The Morgan fingerprint density at radius 3 is 2.83 bits per heavy atom. The van der Waals surface area contributed by atoms with E-state index in [1.54, 1.807) is 7.11 Å². The number of carbonyl (C=O) groups is 1. The van der Waals surface area contributed by atoms with Crippen LogP contribution in [0.5, 0.6) is 5.75 Å². The molecule has 0 aromatic heterocycles. The molecule has 1 aliphatic rings. The summed E-state index contributed by atoms with van der Waals surface area (Å²) >= 11 is 0. The minimum atomic E-state index is -0.0683. The SMILES string of the molecule is COC[C@@H]1CCCN(C(=O)NC[C@@H](C)Oc2ccc(C)cc2)C1. The van der Waals surface area contributed by atoms with E-state index in [2.05, 4.69) is 5.32 Å². The zero-order valence-corrected chi connectivity index (χ0v) is 14.4. The van der Waals surface area contributed by atoms with E-state index in [0.29, 0.717) is 12.5 Å². The zero-order valence-electron chi connectivity index (χ0n) is 14.4. The molecule has 128 valence electrons. The normalized spacial score (nSPS) is 19.3. The quantitative estimate of drug-likeness (QED) is 0.877. The third kappa shape index (κ3) is 5.75. The van der Waals surface area contributed by atoms with Crippen LogP contribution in [0.15, 0.2) is 24.3 Å². The molecule has 0 spiro atoms. The van der Waals surface area contributed by atoms with Crippen molar-refractivity contribution in [1.29, 1.82) is 0 Å². The molecule has 0 saturated carbocycles. The predicted octanol–water partition coefficient (Wildman–Crippen LogP) is 2.83. The Bertz CT molecular complexity index is 488. The summed E-state index contributed by atoms with van der Waals surface area (Å²) in [7, 11) is 1.71. The largest absolute Gasteiger partial charge is 0.489 e. The Balaban J connectivity index is 1.73. The fraction of sp³-hybridized carbons (Fsp3) is 0.611. The molecule has 0 aliphatic carbocycles. The molecule has 5 heteroatoms. The van der Waals surface area contributed by atoms with Crippen LogP contribution < -0.4 is 10.1 Å². The Kier molecular flexibility index (Phi) is 6.71. The van der Waals surface area contributed by atoms with Crippen LogP contribution in [0.2, 0.25) is 0 Å². The Morgan fingerprint density at radius 2 is 2.13 bits per heavy atom. The highest BCUT2D eigenvalue weighted by Gasteiger charge is 2.23. The number of carbonyl (C=O) groups excluding carboxylic acids is 1. The van der Waals surface area contributed by atoms with Gasteiger partial charge >= 0.3 is 6.03 Å². The monoisotopic (exact) mass is 320 g/mol. The Hall–Kier alpha value is -1.75. The van der Waals surface area contributed by atoms with Crippen LogP contribution in [0.25, 0.3) is 0 Å². The summed E-state index contributed by atoms with van der Waals surface area (Å²) in [6, 6.07) is 7.93. The summed E-state index contributed by atoms with van der Waals surface area (Å²) in [5.74, 6) is 1.27. The van der Waals surface area contributed by atoms with Crippen LogP contribution in [0.4, 0.5) is 4.79 Å². The van der Waals surface area contributed by atoms with Gasteiger partial charge in [0, 0.05) is 26.1 Å². The summed E-state index contributed by atoms with van der Waals surface area (Å²) in [5.41, 5.74) is 1.20. The van der Waals surface area contributed by atoms with Crippen molar-refractivity contribution in [3.8, 4) is 5.75 Å². The summed E-state index contributed by atoms with van der Waals surface area (Å²) in [4.78, 5) is 14.1. The van der Waals surface area contributed by atoms with Gasteiger partial charge in [-0.1, -0.05) is 17.7 Å². The molecule has 1 aromatic rings. The van der Waals surface area contributed by atoms with E-state index in [1.165, 1.54) is 5.56 Å². The van der Waals surface area contributed by atoms with E-state index in [9.17, 15) is 4.79 Å². The highest BCUT2D eigenvalue weighted by atomic mass is 16.5. The van der Waals surface area contributed by atoms with Crippen LogP contribution in [-0.4, -0.2) is 50.4 Å². The van der Waals surface area contributed by atoms with Gasteiger partial charge in [0.15, 0.2) is 0 Å². The molecule has 0 unspecified atom stereocenters. The number of piperidine rings is 1. The lowest BCUT2D eigenvalue weighted by atomic mass is 9.99. The molecule has 1 fully saturated rings. The Morgan fingerprint density at radius 1 is 1.39 bits per heavy atom.